The minimum absolute atomic E-state index is 0.135. The van der Waals surface area contributed by atoms with E-state index < -0.39 is 0 Å². The third kappa shape index (κ3) is 3.23. The zero-order valence-electron chi connectivity index (χ0n) is 9.97. The van der Waals surface area contributed by atoms with Crippen LogP contribution in [0.1, 0.15) is 39.2 Å². The van der Waals surface area contributed by atoms with Gasteiger partial charge in [0.2, 0.25) is 0 Å². The fourth-order valence-corrected chi connectivity index (χ4v) is 1.74. The van der Waals surface area contributed by atoms with E-state index in [2.05, 4.69) is 12.2 Å². The zero-order chi connectivity index (χ0) is 12.2. The number of nitriles is 1. The van der Waals surface area contributed by atoms with Gasteiger partial charge in [0.1, 0.15) is 5.82 Å². The Hall–Kier alpha value is -1.56. The van der Waals surface area contributed by atoms with Crippen molar-refractivity contribution in [3.63, 3.8) is 0 Å². The lowest BCUT2D eigenvalue weighted by atomic mass is 9.98. The lowest BCUT2D eigenvalue weighted by Gasteiger charge is -2.27. The summed E-state index contributed by atoms with van der Waals surface area (Å²) in [4.78, 5) is 0. The molecule has 86 valence electrons. The second-order valence-electron chi connectivity index (χ2n) is 4.57. The molecule has 0 amide bonds. The fourth-order valence-electron chi connectivity index (χ4n) is 1.74. The summed E-state index contributed by atoms with van der Waals surface area (Å²) in [6.07, 6.45) is 2.00. The molecular formula is C13H17FN2. The molecule has 16 heavy (non-hydrogen) atoms. The van der Waals surface area contributed by atoms with Gasteiger partial charge in [0.25, 0.3) is 0 Å². The van der Waals surface area contributed by atoms with Crippen LogP contribution >= 0.6 is 0 Å². The first-order valence-corrected chi connectivity index (χ1v) is 5.46. The van der Waals surface area contributed by atoms with Gasteiger partial charge in [-0.05, 0) is 38.5 Å². The summed E-state index contributed by atoms with van der Waals surface area (Å²) >= 11 is 0. The van der Waals surface area contributed by atoms with Crippen molar-refractivity contribution in [3.05, 3.63) is 29.6 Å². The van der Waals surface area contributed by atoms with E-state index in [9.17, 15) is 4.39 Å². The normalized spacial score (nSPS) is 10.9. The van der Waals surface area contributed by atoms with Crippen LogP contribution in [-0.4, -0.2) is 5.54 Å². The van der Waals surface area contributed by atoms with Crippen molar-refractivity contribution in [3.8, 4) is 6.07 Å². The first kappa shape index (κ1) is 12.5. The summed E-state index contributed by atoms with van der Waals surface area (Å²) in [5.74, 6) is -0.372. The van der Waals surface area contributed by atoms with E-state index in [-0.39, 0.29) is 11.4 Å². The standard InChI is InChI=1S/C13H17FN2/c1-4-7-13(2,3)16-12-6-5-10(9-15)8-11(12)14/h5-6,8,16H,4,7H2,1-3H3. The highest BCUT2D eigenvalue weighted by atomic mass is 19.1. The van der Waals surface area contributed by atoms with Gasteiger partial charge in [-0.3, -0.25) is 0 Å². The van der Waals surface area contributed by atoms with E-state index in [0.717, 1.165) is 12.8 Å². The molecule has 1 N–H and O–H groups in total. The van der Waals surface area contributed by atoms with Crippen LogP contribution in [-0.2, 0) is 0 Å². The van der Waals surface area contributed by atoms with Crippen molar-refractivity contribution >= 4 is 5.69 Å². The first-order valence-electron chi connectivity index (χ1n) is 5.46. The Labute approximate surface area is 96.1 Å². The Kier molecular flexibility index (Phi) is 3.89. The number of rotatable bonds is 4. The first-order chi connectivity index (χ1) is 7.48. The van der Waals surface area contributed by atoms with Crippen LogP contribution in [0.2, 0.25) is 0 Å². The predicted octanol–water partition coefficient (Wildman–Crippen LogP) is 3.69. The van der Waals surface area contributed by atoms with E-state index in [1.165, 1.54) is 6.07 Å². The maximum absolute atomic E-state index is 13.6. The second-order valence-corrected chi connectivity index (χ2v) is 4.57. The number of anilines is 1. The van der Waals surface area contributed by atoms with Gasteiger partial charge in [0.15, 0.2) is 0 Å². The van der Waals surface area contributed by atoms with Crippen LogP contribution in [0, 0.1) is 17.1 Å². The average molecular weight is 220 g/mol. The van der Waals surface area contributed by atoms with Gasteiger partial charge in [0, 0.05) is 5.54 Å². The van der Waals surface area contributed by atoms with Crippen LogP contribution < -0.4 is 5.32 Å². The van der Waals surface area contributed by atoms with E-state index in [4.69, 9.17) is 5.26 Å². The molecule has 0 aliphatic rings. The maximum atomic E-state index is 13.6. The number of halogens is 1. The summed E-state index contributed by atoms with van der Waals surface area (Å²) in [7, 11) is 0. The molecule has 0 spiro atoms. The number of hydrogen-bond donors (Lipinski definition) is 1. The van der Waals surface area contributed by atoms with E-state index in [0.29, 0.717) is 11.3 Å². The minimum Gasteiger partial charge on any atom is -0.378 e. The fraction of sp³-hybridized carbons (Fsp3) is 0.462. The largest absolute Gasteiger partial charge is 0.378 e. The second kappa shape index (κ2) is 4.98. The van der Waals surface area contributed by atoms with Gasteiger partial charge in [-0.1, -0.05) is 13.3 Å². The van der Waals surface area contributed by atoms with Gasteiger partial charge < -0.3 is 5.32 Å². The monoisotopic (exact) mass is 220 g/mol. The highest BCUT2D eigenvalue weighted by Gasteiger charge is 2.17. The molecule has 1 aromatic rings. The Morgan fingerprint density at radius 1 is 1.44 bits per heavy atom. The van der Waals surface area contributed by atoms with Crippen LogP contribution in [0.25, 0.3) is 0 Å². The predicted molar refractivity (Wildman–Crippen MR) is 63.7 cm³/mol. The van der Waals surface area contributed by atoms with Crippen molar-refractivity contribution in [1.29, 1.82) is 5.26 Å². The van der Waals surface area contributed by atoms with Crippen LogP contribution in [0.15, 0.2) is 18.2 Å². The molecule has 2 nitrogen and oxygen atoms in total. The molecule has 3 heteroatoms. The van der Waals surface area contributed by atoms with E-state index in [1.807, 2.05) is 19.9 Å². The summed E-state index contributed by atoms with van der Waals surface area (Å²) in [6.45, 7) is 6.17. The highest BCUT2D eigenvalue weighted by Crippen LogP contribution is 2.22. The summed E-state index contributed by atoms with van der Waals surface area (Å²) in [5, 5.41) is 11.8. The third-order valence-corrected chi connectivity index (χ3v) is 2.45. The van der Waals surface area contributed by atoms with Crippen molar-refractivity contribution in [2.24, 2.45) is 0 Å². The molecule has 0 radical (unpaired) electrons. The zero-order valence-corrected chi connectivity index (χ0v) is 9.97. The summed E-state index contributed by atoms with van der Waals surface area (Å²) in [5.41, 5.74) is 0.665. The molecule has 0 unspecified atom stereocenters. The molecule has 0 fully saturated rings. The molecule has 0 aromatic heterocycles. The molecule has 0 aliphatic heterocycles. The SMILES string of the molecule is CCCC(C)(C)Nc1ccc(C#N)cc1F. The van der Waals surface area contributed by atoms with E-state index in [1.54, 1.807) is 12.1 Å². The quantitative estimate of drug-likeness (QED) is 0.840. The number of benzene rings is 1. The molecule has 0 bridgehead atoms. The van der Waals surface area contributed by atoms with Crippen molar-refractivity contribution in [2.75, 3.05) is 5.32 Å². The Bertz CT molecular complexity index is 405. The van der Waals surface area contributed by atoms with Crippen molar-refractivity contribution in [1.82, 2.24) is 0 Å². The van der Waals surface area contributed by atoms with Crippen molar-refractivity contribution in [2.45, 2.75) is 39.2 Å². The summed E-state index contributed by atoms with van der Waals surface area (Å²) < 4.78 is 13.6. The minimum atomic E-state index is -0.372. The Morgan fingerprint density at radius 3 is 2.62 bits per heavy atom. The molecule has 1 rings (SSSR count). The molecular weight excluding hydrogens is 203 g/mol. The van der Waals surface area contributed by atoms with Gasteiger partial charge in [-0.2, -0.15) is 5.26 Å². The molecule has 0 atom stereocenters. The van der Waals surface area contributed by atoms with Crippen LogP contribution in [0.3, 0.4) is 0 Å². The molecule has 0 aliphatic carbocycles. The Morgan fingerprint density at radius 2 is 2.12 bits per heavy atom. The topological polar surface area (TPSA) is 35.8 Å². The number of nitrogens with one attached hydrogen (secondary N) is 1. The average Bonchev–Trinajstić information content (AvgIpc) is 2.20. The van der Waals surface area contributed by atoms with E-state index >= 15 is 0 Å². The van der Waals surface area contributed by atoms with Gasteiger partial charge in [-0.15, -0.1) is 0 Å². The number of hydrogen-bond acceptors (Lipinski definition) is 2. The van der Waals surface area contributed by atoms with Crippen molar-refractivity contribution < 1.29 is 4.39 Å². The molecule has 0 saturated carbocycles. The number of nitrogens with zero attached hydrogens (tertiary/aromatic N) is 1. The lowest BCUT2D eigenvalue weighted by molar-refractivity contribution is 0.505. The highest BCUT2D eigenvalue weighted by molar-refractivity contribution is 5.50. The Balaban J connectivity index is 2.86. The smallest absolute Gasteiger partial charge is 0.147 e. The van der Waals surface area contributed by atoms with Gasteiger partial charge in [-0.25, -0.2) is 4.39 Å². The molecule has 0 heterocycles. The van der Waals surface area contributed by atoms with Crippen LogP contribution in [0.5, 0.6) is 0 Å². The molecule has 0 saturated heterocycles. The van der Waals surface area contributed by atoms with Gasteiger partial charge >= 0.3 is 0 Å². The molecule has 1 aromatic carbocycles. The summed E-state index contributed by atoms with van der Waals surface area (Å²) in [6, 6.07) is 6.40. The maximum Gasteiger partial charge on any atom is 0.147 e. The van der Waals surface area contributed by atoms with Crippen LogP contribution in [0.4, 0.5) is 10.1 Å². The third-order valence-electron chi connectivity index (χ3n) is 2.45. The lowest BCUT2D eigenvalue weighted by Crippen LogP contribution is -2.30. The van der Waals surface area contributed by atoms with Gasteiger partial charge in [0.05, 0.1) is 17.3 Å².